The molecule has 12 atom stereocenters. The van der Waals surface area contributed by atoms with Gasteiger partial charge in [-0.2, -0.15) is 0 Å². The van der Waals surface area contributed by atoms with E-state index in [1.807, 2.05) is 0 Å². The molecule has 2 aliphatic carbocycles. The van der Waals surface area contributed by atoms with Crippen LogP contribution >= 0.6 is 0 Å². The van der Waals surface area contributed by atoms with Crippen LogP contribution < -0.4 is 0 Å². The predicted molar refractivity (Wildman–Crippen MR) is 162 cm³/mol. The Balaban J connectivity index is 2.53. The highest BCUT2D eigenvalue weighted by molar-refractivity contribution is 5.90. The fourth-order valence-electron chi connectivity index (χ4n) is 7.52. The molecule has 0 radical (unpaired) electrons. The summed E-state index contributed by atoms with van der Waals surface area (Å²) in [6, 6.07) is 0. The van der Waals surface area contributed by atoms with Crippen molar-refractivity contribution in [3.05, 3.63) is 11.6 Å². The number of rotatable bonds is 8. The van der Waals surface area contributed by atoms with Crippen molar-refractivity contribution in [2.45, 2.75) is 123 Å². The normalized spacial score (nSPS) is 37.3. The number of aliphatic hydroxyl groups is 2. The van der Waals surface area contributed by atoms with Crippen LogP contribution in [0.2, 0.25) is 0 Å². The van der Waals surface area contributed by atoms with Gasteiger partial charge in [0.05, 0.1) is 31.1 Å². The number of ether oxygens (including phenoxy) is 7. The third kappa shape index (κ3) is 8.06. The average molecular weight is 699 g/mol. The first-order valence-electron chi connectivity index (χ1n) is 16.0. The molecule has 1 aliphatic heterocycles. The van der Waals surface area contributed by atoms with Crippen LogP contribution in [-0.2, 0) is 66.7 Å². The summed E-state index contributed by atoms with van der Waals surface area (Å²) in [6.45, 7) is 10.3. The fourth-order valence-corrected chi connectivity index (χ4v) is 7.52. The maximum Gasteiger partial charge on any atom is 0.337 e. The summed E-state index contributed by atoms with van der Waals surface area (Å²) in [4.78, 5) is 90.2. The van der Waals surface area contributed by atoms with Crippen molar-refractivity contribution in [1.29, 1.82) is 0 Å². The van der Waals surface area contributed by atoms with E-state index >= 15 is 0 Å². The predicted octanol–water partition coefficient (Wildman–Crippen LogP) is 0.854. The first-order valence-corrected chi connectivity index (χ1v) is 16.0. The molecule has 1 saturated carbocycles. The van der Waals surface area contributed by atoms with Crippen LogP contribution in [0.15, 0.2) is 11.6 Å². The fraction of sp³-hybridized carbons (Fsp3) is 0.727. The molecule has 3 rings (SSSR count). The van der Waals surface area contributed by atoms with Gasteiger partial charge >= 0.3 is 41.8 Å². The van der Waals surface area contributed by atoms with Crippen molar-refractivity contribution in [2.75, 3.05) is 7.11 Å². The molecular weight excluding hydrogens is 652 g/mol. The molecule has 0 aromatic rings. The van der Waals surface area contributed by atoms with Crippen molar-refractivity contribution < 1.29 is 76.9 Å². The van der Waals surface area contributed by atoms with Crippen LogP contribution in [0.4, 0.5) is 0 Å². The summed E-state index contributed by atoms with van der Waals surface area (Å²) in [5, 5.41) is 22.6. The Bertz CT molecular complexity index is 1370. The van der Waals surface area contributed by atoms with Crippen molar-refractivity contribution in [2.24, 2.45) is 23.2 Å². The molecule has 1 heterocycles. The minimum atomic E-state index is -2.48. The first kappa shape index (κ1) is 39.4. The Morgan fingerprint density at radius 2 is 1.43 bits per heavy atom. The van der Waals surface area contributed by atoms with E-state index in [2.05, 4.69) is 0 Å². The van der Waals surface area contributed by atoms with Crippen molar-refractivity contribution in [3.63, 3.8) is 0 Å². The van der Waals surface area contributed by atoms with Gasteiger partial charge in [-0.25, -0.2) is 4.79 Å². The van der Waals surface area contributed by atoms with Gasteiger partial charge in [-0.3, -0.25) is 28.8 Å². The highest BCUT2D eigenvalue weighted by Crippen LogP contribution is 2.57. The second-order valence-corrected chi connectivity index (χ2v) is 13.2. The second-order valence-electron chi connectivity index (χ2n) is 13.2. The maximum atomic E-state index is 13.4. The minimum Gasteiger partial charge on any atom is -0.466 e. The number of esters is 7. The number of hydrogen-bond acceptors (Lipinski definition) is 16. The second kappa shape index (κ2) is 15.2. The monoisotopic (exact) mass is 698 g/mol. The zero-order valence-electron chi connectivity index (χ0n) is 29.1. The van der Waals surface area contributed by atoms with Crippen LogP contribution in [0.1, 0.15) is 74.7 Å². The quantitative estimate of drug-likeness (QED) is 0.265. The number of methoxy groups -OCH3 is 1. The van der Waals surface area contributed by atoms with E-state index in [4.69, 9.17) is 33.2 Å². The summed E-state index contributed by atoms with van der Waals surface area (Å²) in [6.07, 6.45) is -10.1. The van der Waals surface area contributed by atoms with Gasteiger partial charge in [0.2, 0.25) is 0 Å². The van der Waals surface area contributed by atoms with E-state index in [0.29, 0.717) is 0 Å². The lowest BCUT2D eigenvalue weighted by molar-refractivity contribution is -0.254. The van der Waals surface area contributed by atoms with Gasteiger partial charge in [-0.15, -0.1) is 0 Å². The molecule has 16 nitrogen and oxygen atoms in total. The lowest BCUT2D eigenvalue weighted by Gasteiger charge is -2.58. The van der Waals surface area contributed by atoms with Crippen LogP contribution in [-0.4, -0.2) is 107 Å². The smallest absolute Gasteiger partial charge is 0.337 e. The number of aliphatic hydroxyl groups excluding tert-OH is 1. The molecule has 1 saturated heterocycles. The minimum absolute atomic E-state index is 0.156. The molecule has 0 bridgehead atoms. The molecule has 2 fully saturated rings. The Hall–Kier alpha value is -4.05. The van der Waals surface area contributed by atoms with E-state index in [0.717, 1.165) is 34.0 Å². The summed E-state index contributed by atoms with van der Waals surface area (Å²) in [5.41, 5.74) is -4.61. The summed E-state index contributed by atoms with van der Waals surface area (Å²) < 4.78 is 39.5. The maximum absolute atomic E-state index is 13.4. The Kier molecular flexibility index (Phi) is 12.2. The number of fused-ring (bicyclic) bond motifs is 2. The molecule has 0 aromatic heterocycles. The molecule has 2 N–H and O–H groups in total. The summed E-state index contributed by atoms with van der Waals surface area (Å²) in [7, 11) is 1.03. The number of carbonyl (C=O) groups is 7. The van der Waals surface area contributed by atoms with E-state index in [1.54, 1.807) is 6.92 Å². The molecule has 0 aromatic carbocycles. The molecule has 0 unspecified atom stereocenters. The van der Waals surface area contributed by atoms with E-state index in [1.165, 1.54) is 27.7 Å². The van der Waals surface area contributed by atoms with Crippen molar-refractivity contribution >= 4 is 41.8 Å². The van der Waals surface area contributed by atoms with E-state index < -0.39 is 132 Å². The highest BCUT2D eigenvalue weighted by atomic mass is 16.6. The molecule has 0 amide bonds. The third-order valence-corrected chi connectivity index (χ3v) is 9.72. The van der Waals surface area contributed by atoms with Crippen LogP contribution in [0.5, 0.6) is 0 Å². The van der Waals surface area contributed by atoms with Gasteiger partial charge in [0, 0.05) is 57.8 Å². The Morgan fingerprint density at radius 1 is 0.898 bits per heavy atom. The van der Waals surface area contributed by atoms with Crippen molar-refractivity contribution in [3.8, 4) is 0 Å². The molecule has 16 heteroatoms. The highest BCUT2D eigenvalue weighted by Gasteiger charge is 2.70. The van der Waals surface area contributed by atoms with E-state index in [-0.39, 0.29) is 6.42 Å². The standard InChI is InChI=1S/C33H46O16/c1-14(34)10-27(39)48-23-13-25(46-19(6)37)32(8)24(45-18(5)36)12-22(44-17(4)35)15(2)28(32)29(47-20(7)38)33(42)16(3)30(40)49-26(33)11-21(23)31(41)43-9/h11,14-16,22-26,28-29,34,42H,10,12-13H2,1-9H3/b21-11-/t14-,15-,16-,22+,23+,24-,25-,26-,28+,29-,32+,33-/m0/s1. The molecule has 274 valence electrons. The zero-order chi connectivity index (χ0) is 37.2. The third-order valence-electron chi connectivity index (χ3n) is 9.72. The summed E-state index contributed by atoms with van der Waals surface area (Å²) >= 11 is 0. The molecular formula is C33H46O16. The lowest BCUT2D eigenvalue weighted by Crippen LogP contribution is -2.69. The van der Waals surface area contributed by atoms with E-state index in [9.17, 15) is 43.8 Å². The van der Waals surface area contributed by atoms with Gasteiger partial charge in [0.1, 0.15) is 30.5 Å². The van der Waals surface area contributed by atoms with Crippen molar-refractivity contribution in [1.82, 2.24) is 0 Å². The van der Waals surface area contributed by atoms with Gasteiger partial charge in [0.25, 0.3) is 0 Å². The number of carbonyl (C=O) groups excluding carboxylic acids is 7. The van der Waals surface area contributed by atoms with Gasteiger partial charge in [-0.1, -0.05) is 13.8 Å². The zero-order valence-corrected chi connectivity index (χ0v) is 29.1. The Morgan fingerprint density at radius 3 is 1.92 bits per heavy atom. The largest absolute Gasteiger partial charge is 0.466 e. The van der Waals surface area contributed by atoms with Crippen LogP contribution in [0.3, 0.4) is 0 Å². The van der Waals surface area contributed by atoms with Gasteiger partial charge in [-0.05, 0) is 19.9 Å². The first-order chi connectivity index (χ1) is 22.7. The molecule has 3 aliphatic rings. The van der Waals surface area contributed by atoms with Gasteiger partial charge < -0.3 is 43.4 Å². The van der Waals surface area contributed by atoms with Gasteiger partial charge in [0.15, 0.2) is 11.7 Å². The molecule has 0 spiro atoms. The molecule has 49 heavy (non-hydrogen) atoms. The Labute approximate surface area is 283 Å². The van der Waals surface area contributed by atoms with Crippen LogP contribution in [0, 0.1) is 23.2 Å². The topological polar surface area (TPSA) is 225 Å². The SMILES string of the molecule is COC(=O)/C1=C\[C@@H]2OC(=O)[C@H](C)[C@@]2(O)[C@@H](OC(C)=O)[C@H]2[C@@H](C)[C@H](OC(C)=O)C[C@H](OC(C)=O)[C@]2(C)[C@@H](OC(C)=O)C[C@H]1OC(=O)C[C@H](C)O. The number of hydrogen-bond donors (Lipinski definition) is 2. The summed E-state index contributed by atoms with van der Waals surface area (Å²) in [5.74, 6) is -9.77. The lowest BCUT2D eigenvalue weighted by atomic mass is 9.52. The average Bonchev–Trinajstić information content (AvgIpc) is 3.18. The van der Waals surface area contributed by atoms with Crippen LogP contribution in [0.25, 0.3) is 0 Å².